The van der Waals surface area contributed by atoms with Gasteiger partial charge in [0.2, 0.25) is 0 Å². The van der Waals surface area contributed by atoms with Crippen molar-refractivity contribution < 1.29 is 9.90 Å². The highest BCUT2D eigenvalue weighted by Gasteiger charge is 2.36. The van der Waals surface area contributed by atoms with Gasteiger partial charge >= 0.3 is 0 Å². The van der Waals surface area contributed by atoms with E-state index in [-0.39, 0.29) is 5.54 Å². The molecule has 3 rings (SSSR count). The van der Waals surface area contributed by atoms with Gasteiger partial charge < -0.3 is 10.4 Å². The zero-order valence-corrected chi connectivity index (χ0v) is 11.9. The number of hydrogen-bond acceptors (Lipinski definition) is 3. The number of ketones is 1. The molecule has 2 N–H and O–H groups in total. The van der Waals surface area contributed by atoms with Gasteiger partial charge in [-0.2, -0.15) is 0 Å². The molecular weight excluding hydrogens is 250 g/mol. The number of nitrogens with one attached hydrogen (secondary N) is 1. The van der Waals surface area contributed by atoms with Gasteiger partial charge in [0.05, 0.1) is 0 Å². The largest absolute Gasteiger partial charge is 0.508 e. The van der Waals surface area contributed by atoms with Gasteiger partial charge in [-0.1, -0.05) is 25.0 Å². The lowest BCUT2D eigenvalue weighted by molar-refractivity contribution is -0.121. The first-order chi connectivity index (χ1) is 9.68. The zero-order chi connectivity index (χ0) is 14.0. The standard InChI is InChI=1S/C17H23NO2/c19-15-6-9-17(10-7-15,18-11-8-13-4-5-13)14-2-1-3-16(20)12-14/h1-3,12-13,18,20H,4-11H2. The molecule has 2 fully saturated rings. The normalized spacial score (nSPS) is 21.9. The third kappa shape index (κ3) is 3.04. The number of phenols is 1. The molecule has 3 heteroatoms. The molecule has 2 saturated carbocycles. The van der Waals surface area contributed by atoms with E-state index in [1.807, 2.05) is 12.1 Å². The Labute approximate surface area is 120 Å². The molecule has 2 aliphatic rings. The predicted octanol–water partition coefficient (Wildman–Crippen LogP) is 3.12. The van der Waals surface area contributed by atoms with E-state index in [2.05, 4.69) is 11.4 Å². The monoisotopic (exact) mass is 273 g/mol. The van der Waals surface area contributed by atoms with Crippen LogP contribution >= 0.6 is 0 Å². The molecule has 108 valence electrons. The van der Waals surface area contributed by atoms with Crippen molar-refractivity contribution in [3.63, 3.8) is 0 Å². The first kappa shape index (κ1) is 13.6. The van der Waals surface area contributed by atoms with Crippen LogP contribution in [0.15, 0.2) is 24.3 Å². The van der Waals surface area contributed by atoms with Crippen molar-refractivity contribution in [3.8, 4) is 5.75 Å². The summed E-state index contributed by atoms with van der Waals surface area (Å²) >= 11 is 0. The maximum atomic E-state index is 11.6. The van der Waals surface area contributed by atoms with Gasteiger partial charge in [-0.25, -0.2) is 0 Å². The highest BCUT2D eigenvalue weighted by molar-refractivity contribution is 5.79. The summed E-state index contributed by atoms with van der Waals surface area (Å²) in [6.45, 7) is 1.01. The lowest BCUT2D eigenvalue weighted by atomic mass is 9.76. The van der Waals surface area contributed by atoms with Crippen LogP contribution in [0.2, 0.25) is 0 Å². The van der Waals surface area contributed by atoms with Crippen LogP contribution in [0.4, 0.5) is 0 Å². The number of rotatable bonds is 5. The summed E-state index contributed by atoms with van der Waals surface area (Å²) in [5.41, 5.74) is 1.00. The zero-order valence-electron chi connectivity index (χ0n) is 11.9. The van der Waals surface area contributed by atoms with Crippen molar-refractivity contribution in [2.75, 3.05) is 6.54 Å². The van der Waals surface area contributed by atoms with Crippen molar-refractivity contribution in [3.05, 3.63) is 29.8 Å². The second-order valence-electron chi connectivity index (χ2n) is 6.33. The molecule has 0 radical (unpaired) electrons. The van der Waals surface area contributed by atoms with E-state index < -0.39 is 0 Å². The van der Waals surface area contributed by atoms with Crippen molar-refractivity contribution in [1.29, 1.82) is 0 Å². The fourth-order valence-corrected chi connectivity index (χ4v) is 3.25. The molecular formula is C17H23NO2. The number of benzene rings is 1. The van der Waals surface area contributed by atoms with E-state index in [1.54, 1.807) is 6.07 Å². The number of carbonyl (C=O) groups is 1. The number of aromatic hydroxyl groups is 1. The predicted molar refractivity (Wildman–Crippen MR) is 78.6 cm³/mol. The van der Waals surface area contributed by atoms with Crippen LogP contribution in [0.25, 0.3) is 0 Å². The molecule has 20 heavy (non-hydrogen) atoms. The van der Waals surface area contributed by atoms with Gasteiger partial charge in [0.25, 0.3) is 0 Å². The molecule has 3 nitrogen and oxygen atoms in total. The van der Waals surface area contributed by atoms with Gasteiger partial charge in [-0.3, -0.25) is 4.79 Å². The third-order valence-corrected chi connectivity index (χ3v) is 4.77. The number of hydrogen-bond donors (Lipinski definition) is 2. The van der Waals surface area contributed by atoms with Gasteiger partial charge in [0.15, 0.2) is 0 Å². The molecule has 0 amide bonds. The van der Waals surface area contributed by atoms with Crippen LogP contribution in [0.5, 0.6) is 5.75 Å². The Bertz CT molecular complexity index is 484. The molecule has 0 aromatic heterocycles. The van der Waals surface area contributed by atoms with Gasteiger partial charge in [-0.15, -0.1) is 0 Å². The Balaban J connectivity index is 1.76. The van der Waals surface area contributed by atoms with E-state index in [0.29, 0.717) is 24.4 Å². The van der Waals surface area contributed by atoms with Gasteiger partial charge in [-0.05, 0) is 49.4 Å². The Hall–Kier alpha value is -1.35. The summed E-state index contributed by atoms with van der Waals surface area (Å²) in [5, 5.41) is 13.4. The quantitative estimate of drug-likeness (QED) is 0.866. The minimum atomic E-state index is -0.123. The van der Waals surface area contributed by atoms with E-state index in [4.69, 9.17) is 0 Å². The van der Waals surface area contributed by atoms with Crippen LogP contribution in [0.1, 0.15) is 50.5 Å². The topological polar surface area (TPSA) is 49.3 Å². The second kappa shape index (κ2) is 5.57. The average molecular weight is 273 g/mol. The summed E-state index contributed by atoms with van der Waals surface area (Å²) in [6.07, 6.45) is 6.96. The fourth-order valence-electron chi connectivity index (χ4n) is 3.25. The highest BCUT2D eigenvalue weighted by Crippen LogP contribution is 2.38. The Morgan fingerprint density at radius 3 is 2.65 bits per heavy atom. The van der Waals surface area contributed by atoms with Crippen LogP contribution in [-0.2, 0) is 10.3 Å². The fraction of sp³-hybridized carbons (Fsp3) is 0.588. The Kier molecular flexibility index (Phi) is 3.79. The van der Waals surface area contributed by atoms with Crippen molar-refractivity contribution in [2.24, 2.45) is 5.92 Å². The molecule has 0 spiro atoms. The van der Waals surface area contributed by atoms with Crippen molar-refractivity contribution in [2.45, 2.75) is 50.5 Å². The van der Waals surface area contributed by atoms with E-state index in [1.165, 1.54) is 19.3 Å². The lowest BCUT2D eigenvalue weighted by Crippen LogP contribution is -2.46. The SMILES string of the molecule is O=C1CCC(NCCC2CC2)(c2cccc(O)c2)CC1. The number of Topliss-reactive ketones (excluding diaryl/α,β-unsaturated/α-hetero) is 1. The van der Waals surface area contributed by atoms with Crippen LogP contribution < -0.4 is 5.32 Å². The van der Waals surface area contributed by atoms with Gasteiger partial charge in [0.1, 0.15) is 11.5 Å². The van der Waals surface area contributed by atoms with E-state index >= 15 is 0 Å². The highest BCUT2D eigenvalue weighted by atomic mass is 16.3. The number of phenolic OH excluding ortho intramolecular Hbond substituents is 1. The first-order valence-electron chi connectivity index (χ1n) is 7.74. The maximum absolute atomic E-state index is 11.6. The first-order valence-corrected chi connectivity index (χ1v) is 7.74. The summed E-state index contributed by atoms with van der Waals surface area (Å²) in [4.78, 5) is 11.6. The van der Waals surface area contributed by atoms with Gasteiger partial charge in [0, 0.05) is 18.4 Å². The minimum Gasteiger partial charge on any atom is -0.508 e. The third-order valence-electron chi connectivity index (χ3n) is 4.77. The lowest BCUT2D eigenvalue weighted by Gasteiger charge is -2.38. The summed E-state index contributed by atoms with van der Waals surface area (Å²) in [7, 11) is 0. The molecule has 0 atom stereocenters. The molecule has 0 bridgehead atoms. The summed E-state index contributed by atoms with van der Waals surface area (Å²) in [5.74, 6) is 1.58. The van der Waals surface area contributed by atoms with Crippen molar-refractivity contribution >= 4 is 5.78 Å². The Morgan fingerprint density at radius 2 is 2.00 bits per heavy atom. The van der Waals surface area contributed by atoms with Crippen LogP contribution in [0, 0.1) is 5.92 Å². The van der Waals surface area contributed by atoms with Crippen LogP contribution in [-0.4, -0.2) is 17.4 Å². The molecule has 0 saturated heterocycles. The summed E-state index contributed by atoms with van der Waals surface area (Å²) in [6, 6.07) is 7.51. The Morgan fingerprint density at radius 1 is 1.25 bits per heavy atom. The molecule has 1 aromatic rings. The molecule has 0 heterocycles. The number of carbonyl (C=O) groups excluding carboxylic acids is 1. The average Bonchev–Trinajstić information content (AvgIpc) is 3.26. The van der Waals surface area contributed by atoms with Crippen LogP contribution in [0.3, 0.4) is 0 Å². The molecule has 0 unspecified atom stereocenters. The molecule has 2 aliphatic carbocycles. The minimum absolute atomic E-state index is 0.123. The maximum Gasteiger partial charge on any atom is 0.133 e. The van der Waals surface area contributed by atoms with Crippen molar-refractivity contribution in [1.82, 2.24) is 5.32 Å². The smallest absolute Gasteiger partial charge is 0.133 e. The van der Waals surface area contributed by atoms with E-state index in [9.17, 15) is 9.90 Å². The summed E-state index contributed by atoms with van der Waals surface area (Å²) < 4.78 is 0. The second-order valence-corrected chi connectivity index (χ2v) is 6.33. The molecule has 0 aliphatic heterocycles. The van der Waals surface area contributed by atoms with E-state index in [0.717, 1.165) is 30.9 Å². The molecule has 1 aromatic carbocycles.